The first-order valence-corrected chi connectivity index (χ1v) is 33.9. The molecule has 0 radical (unpaired) electrons. The predicted molar refractivity (Wildman–Crippen MR) is 412 cm³/mol. The number of furan rings is 3. The Morgan fingerprint density at radius 1 is 0.190 bits per heavy atom. The van der Waals surface area contributed by atoms with E-state index in [-0.39, 0.29) is 0 Å². The van der Waals surface area contributed by atoms with Gasteiger partial charge in [0.2, 0.25) is 5.95 Å². The molecule has 464 valence electrons. The van der Waals surface area contributed by atoms with Gasteiger partial charge in [-0.05, 0) is 166 Å². The van der Waals surface area contributed by atoms with E-state index >= 15 is 0 Å². The Labute approximate surface area is 570 Å². The highest BCUT2D eigenvalue weighted by Gasteiger charge is 2.23. The molecule has 8 heteroatoms. The van der Waals surface area contributed by atoms with E-state index in [1.165, 1.54) is 21.5 Å². The number of hydrogen-bond donors (Lipinski definition) is 0. The fraction of sp³-hybridized carbons (Fsp3) is 0. The van der Waals surface area contributed by atoms with E-state index < -0.39 is 0 Å². The van der Waals surface area contributed by atoms with Crippen LogP contribution in [0.1, 0.15) is 0 Å². The van der Waals surface area contributed by atoms with E-state index in [2.05, 4.69) is 299 Å². The first-order valence-electron chi connectivity index (χ1n) is 33.9. The van der Waals surface area contributed by atoms with Crippen molar-refractivity contribution >= 4 is 142 Å². The first kappa shape index (κ1) is 54.7. The van der Waals surface area contributed by atoms with Gasteiger partial charge in [-0.15, -0.1) is 0 Å². The molecule has 7 aromatic heterocycles. The highest BCUT2D eigenvalue weighted by molar-refractivity contribution is 6.15. The van der Waals surface area contributed by atoms with Crippen LogP contribution in [0.15, 0.2) is 335 Å². The van der Waals surface area contributed by atoms with Crippen LogP contribution in [0, 0.1) is 0 Å². The predicted octanol–water partition coefficient (Wildman–Crippen LogP) is 25.0. The maximum atomic E-state index is 6.29. The summed E-state index contributed by atoms with van der Waals surface area (Å²) in [7, 11) is 0. The fourth-order valence-corrected chi connectivity index (χ4v) is 16.1. The molecular weight excluding hydrogens is 1220 g/mol. The summed E-state index contributed by atoms with van der Waals surface area (Å²) in [5, 5.41) is 14.6. The number of benzene rings is 15. The maximum Gasteiger partial charge on any atom is 0.235 e. The normalized spacial score (nSPS) is 12.2. The van der Waals surface area contributed by atoms with Crippen molar-refractivity contribution in [3.8, 4) is 73.1 Å². The maximum absolute atomic E-state index is 6.29. The molecule has 0 aliphatic heterocycles. The molecule has 0 spiro atoms. The number of fused-ring (bicyclic) bond motifs is 19. The molecule has 22 rings (SSSR count). The molecule has 0 aliphatic carbocycles. The van der Waals surface area contributed by atoms with E-state index in [4.69, 9.17) is 23.2 Å². The Morgan fingerprint density at radius 2 is 0.510 bits per heavy atom. The van der Waals surface area contributed by atoms with Gasteiger partial charge in [-0.3, -0.25) is 4.57 Å². The molecule has 0 N–H and O–H groups in total. The van der Waals surface area contributed by atoms with E-state index in [0.717, 1.165) is 188 Å². The lowest BCUT2D eigenvalue weighted by Gasteiger charge is -2.15. The molecule has 100 heavy (non-hydrogen) atoms. The average molecular weight is 1280 g/mol. The minimum Gasteiger partial charge on any atom is -0.456 e. The standard InChI is InChI=1S/C92H53N5O3/c1-7-19-79-65(13-1)68-40-31-60(57-34-44-88-74(47-57)71-16-4-10-22-85(71)98-88)50-82(68)95(79)63-37-29-55(30-38-63)54-25-27-56(28-26-54)91-77-53-64(96-80-20-8-2-14-66(80)69-41-32-61(51-83(69)96)58-35-45-89-75(48-58)72-17-5-11-23-86(72)99-89)39-43-78(77)93-92(94-91)97-81-21-9-3-15-67(81)70-42-33-62(52-84(70)97)59-36-46-90-76(49-59)73-18-6-12-24-87(73)100-90/h1-53H. The molecule has 0 amide bonds. The third kappa shape index (κ3) is 8.22. The number of hydrogen-bond acceptors (Lipinski definition) is 5. The van der Waals surface area contributed by atoms with Crippen LogP contribution in [0.4, 0.5) is 0 Å². The second kappa shape index (κ2) is 21.0. The Hall–Kier alpha value is -13.6. The summed E-state index contributed by atoms with van der Waals surface area (Å²) < 4.78 is 25.9. The van der Waals surface area contributed by atoms with Crippen molar-refractivity contribution in [3.63, 3.8) is 0 Å². The lowest BCUT2D eigenvalue weighted by atomic mass is 10.00. The van der Waals surface area contributed by atoms with Gasteiger partial charge in [0, 0.05) is 87.0 Å². The number of nitrogens with zero attached hydrogens (tertiary/aromatic N) is 5. The first-order chi connectivity index (χ1) is 49.5. The van der Waals surface area contributed by atoms with Gasteiger partial charge >= 0.3 is 0 Å². The quantitative estimate of drug-likeness (QED) is 0.151. The third-order valence-corrected chi connectivity index (χ3v) is 20.9. The number of rotatable bonds is 8. The highest BCUT2D eigenvalue weighted by Crippen LogP contribution is 2.44. The van der Waals surface area contributed by atoms with Gasteiger partial charge in [0.1, 0.15) is 33.5 Å². The minimum absolute atomic E-state index is 0.586. The minimum atomic E-state index is 0.586. The van der Waals surface area contributed by atoms with Crippen molar-refractivity contribution in [2.75, 3.05) is 0 Å². The van der Waals surface area contributed by atoms with Crippen LogP contribution in [-0.4, -0.2) is 23.7 Å². The molecule has 0 fully saturated rings. The van der Waals surface area contributed by atoms with Crippen LogP contribution < -0.4 is 0 Å². The van der Waals surface area contributed by atoms with Gasteiger partial charge in [0.25, 0.3) is 0 Å². The Bertz CT molecular complexity index is 7220. The van der Waals surface area contributed by atoms with Crippen molar-refractivity contribution < 1.29 is 13.3 Å². The lowest BCUT2D eigenvalue weighted by Crippen LogP contribution is -2.04. The SMILES string of the molecule is c1ccc2c(c1)oc1ccc(-c3ccc4c5ccccc5n(-c5ccc(-c6ccc(-c7nc(-n8c9ccccc9c9ccc(-c%10ccc%11oc%12ccccc%12c%11c%10)cc98)nc8ccc(-n9c%10ccccc%10c%10ccc(-c%11ccc%12oc%13ccccc%13c%12c%11)cc%109)cc78)cc6)cc5)c4c3)cc12. The summed E-state index contributed by atoms with van der Waals surface area (Å²) in [6.45, 7) is 0. The Morgan fingerprint density at radius 3 is 0.970 bits per heavy atom. The zero-order valence-corrected chi connectivity index (χ0v) is 53.6. The summed E-state index contributed by atoms with van der Waals surface area (Å²) in [4.78, 5) is 11.4. The summed E-state index contributed by atoms with van der Waals surface area (Å²) in [6.07, 6.45) is 0. The molecule has 22 aromatic rings. The molecular formula is C92H53N5O3. The Kier molecular flexibility index (Phi) is 11.5. The molecule has 7 heterocycles. The lowest BCUT2D eigenvalue weighted by molar-refractivity contribution is 0.668. The van der Waals surface area contributed by atoms with Crippen molar-refractivity contribution in [1.82, 2.24) is 23.7 Å². The molecule has 0 saturated carbocycles. The van der Waals surface area contributed by atoms with E-state index in [0.29, 0.717) is 5.95 Å². The highest BCUT2D eigenvalue weighted by atomic mass is 16.3. The van der Waals surface area contributed by atoms with Gasteiger partial charge < -0.3 is 22.4 Å². The van der Waals surface area contributed by atoms with E-state index in [1.807, 2.05) is 36.4 Å². The smallest absolute Gasteiger partial charge is 0.235 e. The molecule has 0 atom stereocenters. The molecule has 0 unspecified atom stereocenters. The van der Waals surface area contributed by atoms with Gasteiger partial charge in [0.15, 0.2) is 0 Å². The van der Waals surface area contributed by atoms with Gasteiger partial charge in [0.05, 0.1) is 44.3 Å². The van der Waals surface area contributed by atoms with Gasteiger partial charge in [-0.1, -0.05) is 200 Å². The van der Waals surface area contributed by atoms with Crippen molar-refractivity contribution in [1.29, 1.82) is 0 Å². The topological polar surface area (TPSA) is 80.0 Å². The van der Waals surface area contributed by atoms with Crippen LogP contribution in [0.2, 0.25) is 0 Å². The molecule has 0 aliphatic rings. The third-order valence-electron chi connectivity index (χ3n) is 20.9. The number of para-hydroxylation sites is 6. The van der Waals surface area contributed by atoms with E-state index in [9.17, 15) is 0 Å². The van der Waals surface area contributed by atoms with Crippen molar-refractivity contribution in [2.24, 2.45) is 0 Å². The van der Waals surface area contributed by atoms with Gasteiger partial charge in [-0.2, -0.15) is 0 Å². The zero-order valence-electron chi connectivity index (χ0n) is 53.6. The summed E-state index contributed by atoms with van der Waals surface area (Å²) in [5.74, 6) is 0.586. The molecule has 0 saturated heterocycles. The summed E-state index contributed by atoms with van der Waals surface area (Å²) in [5.41, 5.74) is 25.5. The second-order valence-corrected chi connectivity index (χ2v) is 26.4. The molecule has 0 bridgehead atoms. The average Bonchev–Trinajstić information content (AvgIpc) is 1.56. The monoisotopic (exact) mass is 1280 g/mol. The largest absolute Gasteiger partial charge is 0.456 e. The second-order valence-electron chi connectivity index (χ2n) is 26.4. The van der Waals surface area contributed by atoms with E-state index in [1.54, 1.807) is 0 Å². The summed E-state index contributed by atoms with van der Waals surface area (Å²) >= 11 is 0. The fourth-order valence-electron chi connectivity index (χ4n) is 16.1. The van der Waals surface area contributed by atoms with Crippen molar-refractivity contribution in [2.45, 2.75) is 0 Å². The molecule has 8 nitrogen and oxygen atoms in total. The van der Waals surface area contributed by atoms with Crippen molar-refractivity contribution in [3.05, 3.63) is 322 Å². The number of aromatic nitrogens is 5. The van der Waals surface area contributed by atoms with Crippen LogP contribution in [-0.2, 0) is 0 Å². The summed E-state index contributed by atoms with van der Waals surface area (Å²) in [6, 6.07) is 116. The van der Waals surface area contributed by atoms with Crippen LogP contribution in [0.3, 0.4) is 0 Å². The van der Waals surface area contributed by atoms with Crippen LogP contribution in [0.5, 0.6) is 0 Å². The van der Waals surface area contributed by atoms with Crippen LogP contribution >= 0.6 is 0 Å². The van der Waals surface area contributed by atoms with Crippen LogP contribution in [0.25, 0.3) is 215 Å². The molecule has 15 aromatic carbocycles. The Balaban J connectivity index is 0.690. The zero-order chi connectivity index (χ0) is 65.3. The van der Waals surface area contributed by atoms with Gasteiger partial charge in [-0.25, -0.2) is 9.97 Å².